The Balaban J connectivity index is 2.01. The number of carbonyl (C=O) groups is 14. The highest BCUT2D eigenvalue weighted by molar-refractivity contribution is 6.00. The van der Waals surface area contributed by atoms with Gasteiger partial charge in [-0.1, -0.05) is 45.2 Å². The zero-order chi connectivity index (χ0) is 59.4. The number of carbonyl (C=O) groups excluding carboxylic acids is 11. The van der Waals surface area contributed by atoms with Crippen LogP contribution in [-0.4, -0.2) is 169 Å². The summed E-state index contributed by atoms with van der Waals surface area (Å²) in [6, 6.07) is -9.29. The van der Waals surface area contributed by atoms with Gasteiger partial charge >= 0.3 is 17.9 Å². The second kappa shape index (κ2) is 30.2. The number of nitrogens with two attached hydrogens (primary N) is 2. The highest BCUT2D eigenvalue weighted by Crippen LogP contribution is 2.20. The molecule has 0 spiro atoms. The molecule has 0 aromatic heterocycles. The molecule has 9 atom stereocenters. The number of nitro benzene ring substituents is 1. The molecular formula is C48H68N12O19. The van der Waals surface area contributed by atoms with Crippen LogP contribution in [0.25, 0.3) is 0 Å². The lowest BCUT2D eigenvalue weighted by molar-refractivity contribution is -0.384. The highest BCUT2D eigenvalue weighted by Gasteiger charge is 2.39. The Bertz CT molecular complexity index is 2490. The quantitative estimate of drug-likeness (QED) is 0.0267. The lowest BCUT2D eigenvalue weighted by atomic mass is 9.99. The number of primary amides is 2. The van der Waals surface area contributed by atoms with Crippen LogP contribution in [0.3, 0.4) is 0 Å². The van der Waals surface area contributed by atoms with Gasteiger partial charge in [0.25, 0.3) is 5.69 Å². The van der Waals surface area contributed by atoms with Crippen molar-refractivity contribution in [1.82, 2.24) is 47.4 Å². The predicted molar refractivity (Wildman–Crippen MR) is 270 cm³/mol. The van der Waals surface area contributed by atoms with E-state index in [1.54, 1.807) is 13.8 Å². The molecule has 0 aliphatic carbocycles. The molecule has 2 saturated heterocycles. The molecule has 2 fully saturated rings. The van der Waals surface area contributed by atoms with Gasteiger partial charge in [0.05, 0.1) is 11.3 Å². The second-order valence-corrected chi connectivity index (χ2v) is 19.4. The molecule has 31 heteroatoms. The van der Waals surface area contributed by atoms with Crippen molar-refractivity contribution in [2.45, 2.75) is 159 Å². The van der Waals surface area contributed by atoms with Crippen LogP contribution in [-0.2, 0) is 73.5 Å². The molecule has 0 unspecified atom stereocenters. The third-order valence-corrected chi connectivity index (χ3v) is 13.0. The van der Waals surface area contributed by atoms with Crippen molar-refractivity contribution in [3.63, 3.8) is 0 Å². The van der Waals surface area contributed by atoms with Crippen molar-refractivity contribution >= 4 is 88.6 Å². The van der Waals surface area contributed by atoms with Gasteiger partial charge in [0.15, 0.2) is 5.92 Å². The third-order valence-electron chi connectivity index (χ3n) is 13.0. The van der Waals surface area contributed by atoms with Crippen LogP contribution in [0.15, 0.2) is 24.3 Å². The molecule has 3 rings (SSSR count). The van der Waals surface area contributed by atoms with E-state index in [1.165, 1.54) is 24.0 Å². The van der Waals surface area contributed by atoms with E-state index in [9.17, 15) is 92.6 Å². The summed E-state index contributed by atoms with van der Waals surface area (Å²) in [6.07, 6.45) is -2.73. The van der Waals surface area contributed by atoms with E-state index < -0.39 is 180 Å². The summed E-state index contributed by atoms with van der Waals surface area (Å²) in [5.74, 6) is -18.9. The average Bonchev–Trinajstić information content (AvgIpc) is 3.87. The molecule has 0 bridgehead atoms. The minimum atomic E-state index is -2.19. The molecule has 0 radical (unpaired) electrons. The van der Waals surface area contributed by atoms with Crippen LogP contribution in [0.5, 0.6) is 0 Å². The maximum atomic E-state index is 14.3. The summed E-state index contributed by atoms with van der Waals surface area (Å²) >= 11 is 0. The van der Waals surface area contributed by atoms with Crippen molar-refractivity contribution in [3.05, 3.63) is 39.9 Å². The van der Waals surface area contributed by atoms with Gasteiger partial charge in [0.1, 0.15) is 54.4 Å². The maximum Gasteiger partial charge on any atom is 0.317 e. The summed E-state index contributed by atoms with van der Waals surface area (Å²) in [5.41, 5.74) is 10.6. The fraction of sp³-hybridized carbons (Fsp3) is 0.583. The number of amides is 11. The Morgan fingerprint density at radius 2 is 1.33 bits per heavy atom. The van der Waals surface area contributed by atoms with Crippen LogP contribution in [0.1, 0.15) is 104 Å². The Labute approximate surface area is 451 Å². The molecule has 2 aliphatic rings. The number of non-ortho nitro benzene ring substituents is 1. The van der Waals surface area contributed by atoms with Crippen LogP contribution in [0, 0.1) is 22.0 Å². The predicted octanol–water partition coefficient (Wildman–Crippen LogP) is -3.93. The number of hydrogen-bond acceptors (Lipinski definition) is 16. The standard InChI is InChI=1S/C48H68N12O19/c1-22(2)37(58-45(72)34-11-8-18-59(34)24(4)61)46(73)54-29-10-7-5-6-9-28(41(68)57-33(21-36(63)64)43(70)51-23(3)39(66)55-31(38(50)65)20-27(47(74)75)48(76)77)52-44(71)32(19-25-12-14-26(15-13-25)60(78)79)56-42(69)30(53-40(29)67)16-17-35(49)62/h12-15,22-23,27-34,37H,5-11,16-21H2,1-4H3,(H2,49,62)(H2,50,65)(H,51,70)(H,52,71)(H,53,67)(H,54,73)(H,55,66)(H,56,69)(H,57,68)(H,58,72)(H,63,64)(H,74,75)(H,76,77)/t23-,28-,29+,30-,31-,32-,33-,34-,37-/m0/s1. The molecule has 0 saturated carbocycles. The topological polar surface area (TPSA) is 494 Å². The summed E-state index contributed by atoms with van der Waals surface area (Å²) in [7, 11) is 0. The number of aliphatic carboxylic acids is 3. The van der Waals surface area contributed by atoms with E-state index in [4.69, 9.17) is 11.5 Å². The number of carboxylic acid groups (broad SMARTS) is 3. The number of nitro groups is 1. The summed E-state index contributed by atoms with van der Waals surface area (Å²) in [6.45, 7) is 5.94. The first-order valence-electron chi connectivity index (χ1n) is 25.2. The Kier molecular flexibility index (Phi) is 24.7. The van der Waals surface area contributed by atoms with Crippen molar-refractivity contribution in [2.75, 3.05) is 6.54 Å². The Morgan fingerprint density at radius 1 is 0.722 bits per heavy atom. The van der Waals surface area contributed by atoms with E-state index >= 15 is 0 Å². The molecule has 2 heterocycles. The molecule has 1 aromatic carbocycles. The fourth-order valence-electron chi connectivity index (χ4n) is 8.57. The number of benzene rings is 1. The lowest BCUT2D eigenvalue weighted by Crippen LogP contribution is -2.61. The minimum Gasteiger partial charge on any atom is -0.481 e. The van der Waals surface area contributed by atoms with Gasteiger partial charge in [-0.05, 0) is 50.5 Å². The number of nitrogens with zero attached hydrogens (tertiary/aromatic N) is 2. The Hall–Kier alpha value is -8.80. The number of likely N-dealkylation sites (tertiary alicyclic amines) is 1. The molecule has 15 N–H and O–H groups in total. The number of hydrogen-bond donors (Lipinski definition) is 13. The molecule has 1 aromatic rings. The van der Waals surface area contributed by atoms with E-state index in [2.05, 4.69) is 37.2 Å². The number of nitrogens with one attached hydrogen (secondary N) is 8. The van der Waals surface area contributed by atoms with Crippen LogP contribution in [0.2, 0.25) is 0 Å². The number of carboxylic acids is 3. The molecule has 31 nitrogen and oxygen atoms in total. The largest absolute Gasteiger partial charge is 0.481 e. The highest BCUT2D eigenvalue weighted by atomic mass is 16.6. The molecular weight excluding hydrogens is 1050 g/mol. The normalized spacial score (nSPS) is 20.7. The van der Waals surface area contributed by atoms with Gasteiger partial charge in [-0.3, -0.25) is 77.2 Å². The van der Waals surface area contributed by atoms with E-state index in [1.807, 2.05) is 5.32 Å². The van der Waals surface area contributed by atoms with Crippen molar-refractivity contribution in [1.29, 1.82) is 0 Å². The molecule has 2 aliphatic heterocycles. The molecule has 79 heavy (non-hydrogen) atoms. The van der Waals surface area contributed by atoms with Gasteiger partial charge < -0.3 is 74.2 Å². The first-order valence-corrected chi connectivity index (χ1v) is 25.2. The van der Waals surface area contributed by atoms with E-state index in [0.717, 1.165) is 19.1 Å². The van der Waals surface area contributed by atoms with E-state index in [-0.39, 0.29) is 49.3 Å². The van der Waals surface area contributed by atoms with Crippen LogP contribution >= 0.6 is 0 Å². The van der Waals surface area contributed by atoms with Gasteiger partial charge in [0, 0.05) is 44.9 Å². The van der Waals surface area contributed by atoms with Gasteiger partial charge in [-0.15, -0.1) is 0 Å². The van der Waals surface area contributed by atoms with Crippen molar-refractivity contribution in [3.8, 4) is 0 Å². The minimum absolute atomic E-state index is 0.0403. The average molecular weight is 1120 g/mol. The number of rotatable bonds is 24. The zero-order valence-corrected chi connectivity index (χ0v) is 43.8. The maximum absolute atomic E-state index is 14.3. The first kappa shape index (κ1) is 64.5. The monoisotopic (exact) mass is 1120 g/mol. The van der Waals surface area contributed by atoms with Crippen LogP contribution < -0.4 is 54.0 Å². The SMILES string of the molecule is CC(=O)N1CCC[C@H]1C(=O)N[C@H](C(=O)N[C@@H]1CCCCC[C@@H](C(=O)N[C@@H](CC(=O)O)C(=O)N[C@@H](C)C(=O)N[C@@H](CC(C(=O)O)C(=O)O)C(N)=O)NC(=O)[C@H](Cc2ccc([N+](=O)[O-])cc2)NC(=O)[C@H](CCC(N)=O)NC1=O)C(C)C. The van der Waals surface area contributed by atoms with Gasteiger partial charge in [-0.2, -0.15) is 0 Å². The van der Waals surface area contributed by atoms with Gasteiger partial charge in [-0.25, -0.2) is 0 Å². The fourth-order valence-corrected chi connectivity index (χ4v) is 8.57. The Morgan fingerprint density at radius 3 is 1.89 bits per heavy atom. The molecule has 434 valence electrons. The summed E-state index contributed by atoms with van der Waals surface area (Å²) in [4.78, 5) is 194. The van der Waals surface area contributed by atoms with Gasteiger partial charge in [0.2, 0.25) is 65.0 Å². The summed E-state index contributed by atoms with van der Waals surface area (Å²) < 4.78 is 0. The third kappa shape index (κ3) is 20.3. The van der Waals surface area contributed by atoms with Crippen molar-refractivity contribution < 1.29 is 87.4 Å². The lowest BCUT2D eigenvalue weighted by Gasteiger charge is -2.29. The first-order chi connectivity index (χ1) is 37.0. The smallest absolute Gasteiger partial charge is 0.317 e. The summed E-state index contributed by atoms with van der Waals surface area (Å²) in [5, 5.41) is 58.8. The van der Waals surface area contributed by atoms with E-state index in [0.29, 0.717) is 19.4 Å². The second-order valence-electron chi connectivity index (χ2n) is 19.4. The van der Waals surface area contributed by atoms with Crippen LogP contribution in [0.4, 0.5) is 5.69 Å². The van der Waals surface area contributed by atoms with Crippen molar-refractivity contribution in [2.24, 2.45) is 23.3 Å². The zero-order valence-electron chi connectivity index (χ0n) is 43.8. The molecule has 11 amide bonds.